The number of carbonyl (C=O) groups is 3. The Morgan fingerprint density at radius 2 is 1.20 bits per heavy atom. The van der Waals surface area contributed by atoms with Gasteiger partial charge in [-0.15, -0.1) is 0 Å². The summed E-state index contributed by atoms with van der Waals surface area (Å²) in [7, 11) is 0. The number of anilines is 1. The first kappa shape index (κ1) is 23.6. The Balaban J connectivity index is 1.54. The summed E-state index contributed by atoms with van der Waals surface area (Å²) in [6.45, 7) is 0.394. The Morgan fingerprint density at radius 3 is 1.71 bits per heavy atom. The van der Waals surface area contributed by atoms with Gasteiger partial charge in [0.05, 0.1) is 12.8 Å². The number of hydrogen-bond donors (Lipinski definition) is 2. The Morgan fingerprint density at radius 1 is 0.714 bits per heavy atom. The van der Waals surface area contributed by atoms with Crippen molar-refractivity contribution in [1.29, 1.82) is 0 Å². The first-order chi connectivity index (χ1) is 17.1. The first-order valence-corrected chi connectivity index (χ1v) is 11.4. The predicted octanol–water partition coefficient (Wildman–Crippen LogP) is 3.73. The van der Waals surface area contributed by atoms with E-state index in [9.17, 15) is 14.4 Å². The highest BCUT2D eigenvalue weighted by atomic mass is 16.2. The summed E-state index contributed by atoms with van der Waals surface area (Å²) in [5.74, 6) is -1.32. The molecule has 0 radical (unpaired) electrons. The molecule has 0 saturated heterocycles. The summed E-state index contributed by atoms with van der Waals surface area (Å²) >= 11 is 0. The molecule has 1 heterocycles. The van der Waals surface area contributed by atoms with Crippen molar-refractivity contribution < 1.29 is 14.4 Å². The van der Waals surface area contributed by atoms with Crippen molar-refractivity contribution in [2.24, 2.45) is 0 Å². The highest BCUT2D eigenvalue weighted by molar-refractivity contribution is 6.18. The molecule has 0 fully saturated rings. The molecular formula is C28H26N4O3. The van der Waals surface area contributed by atoms with Crippen LogP contribution >= 0.6 is 0 Å². The number of hydrogen-bond acceptors (Lipinski definition) is 4. The summed E-state index contributed by atoms with van der Waals surface area (Å²) in [4.78, 5) is 40.7. The second kappa shape index (κ2) is 11.6. The highest BCUT2D eigenvalue weighted by Gasteiger charge is 2.29. The highest BCUT2D eigenvalue weighted by Crippen LogP contribution is 2.21. The van der Waals surface area contributed by atoms with Gasteiger partial charge in [-0.1, -0.05) is 91.0 Å². The summed E-state index contributed by atoms with van der Waals surface area (Å²) in [6, 6.07) is 28.1. The van der Waals surface area contributed by atoms with Crippen LogP contribution in [0.2, 0.25) is 0 Å². The average molecular weight is 467 g/mol. The molecule has 0 aliphatic rings. The maximum absolute atomic E-state index is 13.3. The van der Waals surface area contributed by atoms with Crippen molar-refractivity contribution in [3.05, 3.63) is 120 Å². The molecule has 0 unspecified atom stereocenters. The summed E-state index contributed by atoms with van der Waals surface area (Å²) in [5.41, 5.74) is 2.78. The van der Waals surface area contributed by atoms with Gasteiger partial charge in [0.15, 0.2) is 5.69 Å². The molecule has 7 heteroatoms. The van der Waals surface area contributed by atoms with Crippen LogP contribution in [-0.4, -0.2) is 34.5 Å². The fourth-order valence-corrected chi connectivity index (χ4v) is 3.78. The van der Waals surface area contributed by atoms with Crippen molar-refractivity contribution in [3.8, 4) is 0 Å². The van der Waals surface area contributed by atoms with Crippen molar-refractivity contribution in [3.63, 3.8) is 0 Å². The second-order valence-electron chi connectivity index (χ2n) is 8.06. The minimum Gasteiger partial charge on any atom is -0.350 e. The molecular weight excluding hydrogens is 440 g/mol. The molecule has 3 amide bonds. The molecule has 176 valence electrons. The number of benzene rings is 3. The molecule has 0 bridgehead atoms. The van der Waals surface area contributed by atoms with Gasteiger partial charge >= 0.3 is 0 Å². The Kier molecular flexibility index (Phi) is 7.81. The molecule has 4 rings (SSSR count). The molecule has 35 heavy (non-hydrogen) atoms. The van der Waals surface area contributed by atoms with Gasteiger partial charge in [0.25, 0.3) is 5.91 Å². The van der Waals surface area contributed by atoms with Gasteiger partial charge in [0.1, 0.15) is 5.69 Å². The van der Waals surface area contributed by atoms with E-state index in [1.54, 1.807) is 0 Å². The summed E-state index contributed by atoms with van der Waals surface area (Å²) in [5, 5.41) is 9.54. The van der Waals surface area contributed by atoms with Crippen LogP contribution in [0.5, 0.6) is 0 Å². The molecule has 0 aliphatic heterocycles. The third-order valence-electron chi connectivity index (χ3n) is 5.51. The predicted molar refractivity (Wildman–Crippen MR) is 134 cm³/mol. The van der Waals surface area contributed by atoms with E-state index in [-0.39, 0.29) is 24.2 Å². The number of aromatic amines is 1. The molecule has 0 atom stereocenters. The van der Waals surface area contributed by atoms with Gasteiger partial charge in [-0.3, -0.25) is 19.5 Å². The lowest BCUT2D eigenvalue weighted by Gasteiger charge is -2.21. The average Bonchev–Trinajstić information content (AvgIpc) is 3.35. The van der Waals surface area contributed by atoms with Crippen LogP contribution in [0.1, 0.15) is 27.2 Å². The van der Waals surface area contributed by atoms with E-state index in [4.69, 9.17) is 0 Å². The van der Waals surface area contributed by atoms with E-state index in [1.807, 2.05) is 91.0 Å². The number of carbonyl (C=O) groups excluding carboxylic acids is 3. The number of nitrogens with one attached hydrogen (secondary N) is 2. The van der Waals surface area contributed by atoms with Crippen molar-refractivity contribution in [2.75, 3.05) is 11.4 Å². The van der Waals surface area contributed by atoms with Crippen molar-refractivity contribution in [1.82, 2.24) is 15.5 Å². The van der Waals surface area contributed by atoms with Gasteiger partial charge in [0, 0.05) is 12.7 Å². The standard InChI is InChI=1S/C28H26N4O3/c33-25(18-22-12-6-2-7-13-22)32(26(34)19-23-14-8-3-9-15-23)24-20-30-31-27(24)28(35)29-17-16-21-10-4-1-5-11-21/h1-15,20H,16-19H2,(H,29,35)(H,30,31). The summed E-state index contributed by atoms with van der Waals surface area (Å²) in [6.07, 6.45) is 2.09. The van der Waals surface area contributed by atoms with Gasteiger partial charge in [0.2, 0.25) is 11.8 Å². The zero-order valence-electron chi connectivity index (χ0n) is 19.2. The molecule has 0 saturated carbocycles. The molecule has 1 aromatic heterocycles. The van der Waals surface area contributed by atoms with Crippen molar-refractivity contribution >= 4 is 23.4 Å². The van der Waals surface area contributed by atoms with Crippen LogP contribution in [0.4, 0.5) is 5.69 Å². The second-order valence-corrected chi connectivity index (χ2v) is 8.06. The van der Waals surface area contributed by atoms with Crippen LogP contribution in [0.3, 0.4) is 0 Å². The topological polar surface area (TPSA) is 95.2 Å². The molecule has 3 aromatic carbocycles. The summed E-state index contributed by atoms with van der Waals surface area (Å²) < 4.78 is 0. The molecule has 0 spiro atoms. The number of aromatic nitrogens is 2. The van der Waals surface area contributed by atoms with Crippen LogP contribution < -0.4 is 10.2 Å². The number of H-pyrrole nitrogens is 1. The lowest BCUT2D eigenvalue weighted by atomic mass is 10.1. The minimum atomic E-state index is -0.456. The largest absolute Gasteiger partial charge is 0.350 e. The van der Waals surface area contributed by atoms with E-state index in [0.29, 0.717) is 13.0 Å². The zero-order chi connectivity index (χ0) is 24.5. The van der Waals surface area contributed by atoms with Crippen LogP contribution in [0.25, 0.3) is 0 Å². The smallest absolute Gasteiger partial charge is 0.273 e. The Labute approximate surface area is 203 Å². The number of rotatable bonds is 9. The molecule has 0 aliphatic carbocycles. The first-order valence-electron chi connectivity index (χ1n) is 11.4. The SMILES string of the molecule is O=C(NCCc1ccccc1)c1n[nH]cc1N(C(=O)Cc1ccccc1)C(=O)Cc1ccccc1. The van der Waals surface area contributed by atoms with Crippen molar-refractivity contribution in [2.45, 2.75) is 19.3 Å². The lowest BCUT2D eigenvalue weighted by Crippen LogP contribution is -2.40. The quantitative estimate of drug-likeness (QED) is 0.393. The maximum Gasteiger partial charge on any atom is 0.273 e. The lowest BCUT2D eigenvalue weighted by molar-refractivity contribution is -0.125. The van der Waals surface area contributed by atoms with Gasteiger partial charge in [-0.05, 0) is 23.1 Å². The van der Waals surface area contributed by atoms with E-state index >= 15 is 0 Å². The fourth-order valence-electron chi connectivity index (χ4n) is 3.78. The number of imide groups is 1. The third kappa shape index (κ3) is 6.29. The molecule has 2 N–H and O–H groups in total. The van der Waals surface area contributed by atoms with Crippen LogP contribution in [-0.2, 0) is 28.9 Å². The minimum absolute atomic E-state index is 0.000819. The Hall–Kier alpha value is -4.52. The monoisotopic (exact) mass is 466 g/mol. The van der Waals surface area contributed by atoms with Gasteiger partial charge in [-0.2, -0.15) is 5.10 Å². The third-order valence-corrected chi connectivity index (χ3v) is 5.51. The van der Waals surface area contributed by atoms with E-state index in [1.165, 1.54) is 6.20 Å². The fraction of sp³-hybridized carbons (Fsp3) is 0.143. The normalized spacial score (nSPS) is 10.5. The van der Waals surface area contributed by atoms with E-state index in [0.717, 1.165) is 21.6 Å². The van der Waals surface area contributed by atoms with Crippen LogP contribution in [0.15, 0.2) is 97.2 Å². The van der Waals surface area contributed by atoms with E-state index in [2.05, 4.69) is 15.5 Å². The van der Waals surface area contributed by atoms with Gasteiger partial charge in [-0.25, -0.2) is 4.90 Å². The van der Waals surface area contributed by atoms with Gasteiger partial charge < -0.3 is 5.32 Å². The number of amides is 3. The number of nitrogens with zero attached hydrogens (tertiary/aromatic N) is 2. The van der Waals surface area contributed by atoms with Crippen LogP contribution in [0, 0.1) is 0 Å². The maximum atomic E-state index is 13.3. The van der Waals surface area contributed by atoms with E-state index < -0.39 is 17.7 Å². The zero-order valence-corrected chi connectivity index (χ0v) is 19.2. The molecule has 7 nitrogen and oxygen atoms in total. The molecule has 4 aromatic rings. The Bertz CT molecular complexity index is 1220.